The summed E-state index contributed by atoms with van der Waals surface area (Å²) in [7, 11) is 0. The third kappa shape index (κ3) is 11.1. The van der Waals surface area contributed by atoms with Crippen LogP contribution in [0.3, 0.4) is 0 Å². The number of aromatic nitrogens is 2. The maximum absolute atomic E-state index is 14.8. The van der Waals surface area contributed by atoms with Crippen LogP contribution in [0.4, 0.5) is 30.7 Å². The van der Waals surface area contributed by atoms with E-state index in [0.717, 1.165) is 12.1 Å². The number of halogens is 7. The van der Waals surface area contributed by atoms with Gasteiger partial charge in [0.25, 0.3) is 11.5 Å². The molecular weight excluding hydrogens is 739 g/mol. The van der Waals surface area contributed by atoms with Crippen molar-refractivity contribution in [3.63, 3.8) is 0 Å². The molecule has 1 aliphatic heterocycles. The van der Waals surface area contributed by atoms with Gasteiger partial charge in [0, 0.05) is 63.5 Å². The first-order valence-corrected chi connectivity index (χ1v) is 17.3. The van der Waals surface area contributed by atoms with E-state index in [1.165, 1.54) is 18.2 Å². The zero-order valence-electron chi connectivity index (χ0n) is 29.3. The molecule has 3 aromatic carbocycles. The van der Waals surface area contributed by atoms with Crippen molar-refractivity contribution >= 4 is 22.6 Å². The number of amides is 1. The lowest BCUT2D eigenvalue weighted by Gasteiger charge is -2.34. The first-order valence-electron chi connectivity index (χ1n) is 17.3. The average molecular weight is 776 g/mol. The summed E-state index contributed by atoms with van der Waals surface area (Å²) in [6, 6.07) is 14.9. The number of hydrogen-bond donors (Lipinski definition) is 1. The van der Waals surface area contributed by atoms with Crippen LogP contribution in [0.2, 0.25) is 0 Å². The Morgan fingerprint density at radius 1 is 0.927 bits per heavy atom. The topological polar surface area (TPSA) is 129 Å². The number of nitrogens with one attached hydrogen (secondary N) is 1. The molecule has 1 N–H and O–H groups in total. The van der Waals surface area contributed by atoms with Crippen LogP contribution in [0.1, 0.15) is 63.5 Å². The summed E-state index contributed by atoms with van der Waals surface area (Å²) in [5, 5.41) is 16.8. The number of hydrogen-bond acceptors (Lipinski definition) is 8. The zero-order chi connectivity index (χ0) is 39.8. The number of ether oxygens (including phenoxy) is 2. The van der Waals surface area contributed by atoms with E-state index in [1.54, 1.807) is 35.2 Å². The molecule has 0 saturated carbocycles. The predicted octanol–water partition coefficient (Wildman–Crippen LogP) is 6.38. The van der Waals surface area contributed by atoms with Gasteiger partial charge in [-0.05, 0) is 41.5 Å². The van der Waals surface area contributed by atoms with E-state index in [-0.39, 0.29) is 42.7 Å². The SMILES string of the molecule is N#Cc1ccc(C(CC(=O)OCCCOCCN2CCN(C(=O)c3cc(Cc4n[nH]c(=O)c5ccccc45)ccc3F)CC2)CC(F)(F)F)cc1C(F)(F)F. The first-order chi connectivity index (χ1) is 26.1. The lowest BCUT2D eigenvalue weighted by molar-refractivity contribution is -0.150. The minimum Gasteiger partial charge on any atom is -0.466 e. The Hall–Kier alpha value is -5.34. The summed E-state index contributed by atoms with van der Waals surface area (Å²) in [6.45, 7) is 2.47. The number of carbonyl (C=O) groups excluding carboxylic acids is 2. The molecule has 1 amide bonds. The Morgan fingerprint density at radius 3 is 2.35 bits per heavy atom. The van der Waals surface area contributed by atoms with Gasteiger partial charge in [-0.3, -0.25) is 19.3 Å². The Morgan fingerprint density at radius 2 is 1.65 bits per heavy atom. The smallest absolute Gasteiger partial charge is 0.417 e. The highest BCUT2D eigenvalue weighted by Gasteiger charge is 2.37. The number of aromatic amines is 1. The standard InChI is InChI=1S/C38H36F7N5O5/c39-32-9-6-24(19-33-28-4-1-2-5-29(28)35(52)48-47-33)18-30(32)36(53)50-12-10-49(11-13-50)14-17-54-15-3-16-55-34(51)21-27(22-37(40,41)42)25-7-8-26(23-46)31(20-25)38(43,44)45/h1-2,4-9,18,20,27H,3,10-17,19,21-22H2,(H,48,52). The molecule has 1 fully saturated rings. The van der Waals surface area contributed by atoms with Crippen molar-refractivity contribution in [2.45, 2.75) is 44.0 Å². The third-order valence-corrected chi connectivity index (χ3v) is 9.15. The average Bonchev–Trinajstić information content (AvgIpc) is 3.15. The molecule has 10 nitrogen and oxygen atoms in total. The molecule has 0 spiro atoms. The number of carbonyl (C=O) groups is 2. The quantitative estimate of drug-likeness (QED) is 0.0889. The molecule has 4 aromatic rings. The van der Waals surface area contributed by atoms with Gasteiger partial charge in [-0.25, -0.2) is 9.49 Å². The molecule has 1 saturated heterocycles. The second kappa shape index (κ2) is 17.9. The monoisotopic (exact) mass is 775 g/mol. The van der Waals surface area contributed by atoms with Crippen LogP contribution in [-0.2, 0) is 26.9 Å². The van der Waals surface area contributed by atoms with Gasteiger partial charge in [0.1, 0.15) is 5.82 Å². The Bertz CT molecular complexity index is 2090. The Kier molecular flexibility index (Phi) is 13.3. The van der Waals surface area contributed by atoms with Crippen molar-refractivity contribution < 1.29 is 49.8 Å². The van der Waals surface area contributed by atoms with E-state index < -0.39 is 59.9 Å². The molecule has 1 aliphatic rings. The number of rotatable bonds is 14. The van der Waals surface area contributed by atoms with Crippen LogP contribution >= 0.6 is 0 Å². The van der Waals surface area contributed by atoms with E-state index in [4.69, 9.17) is 14.7 Å². The minimum absolute atomic E-state index is 0.0653. The summed E-state index contributed by atoms with van der Waals surface area (Å²) in [5.74, 6) is -3.77. The summed E-state index contributed by atoms with van der Waals surface area (Å²) < 4.78 is 105. The molecule has 5 rings (SSSR count). The minimum atomic E-state index is -4.98. The van der Waals surface area contributed by atoms with Gasteiger partial charge < -0.3 is 14.4 Å². The number of nitrogens with zero attached hydrogens (tertiary/aromatic N) is 4. The van der Waals surface area contributed by atoms with Gasteiger partial charge in [-0.2, -0.15) is 36.7 Å². The fraction of sp³-hybridized carbons (Fsp3) is 0.395. The predicted molar refractivity (Wildman–Crippen MR) is 184 cm³/mol. The molecule has 0 bridgehead atoms. The van der Waals surface area contributed by atoms with Crippen LogP contribution in [0.5, 0.6) is 0 Å². The summed E-state index contributed by atoms with van der Waals surface area (Å²) >= 11 is 0. The van der Waals surface area contributed by atoms with Crippen molar-refractivity contribution in [3.05, 3.63) is 110 Å². The number of H-pyrrole nitrogens is 1. The number of benzene rings is 3. The third-order valence-electron chi connectivity index (χ3n) is 9.15. The van der Waals surface area contributed by atoms with Crippen molar-refractivity contribution in [2.24, 2.45) is 0 Å². The highest BCUT2D eigenvalue weighted by atomic mass is 19.4. The molecule has 55 heavy (non-hydrogen) atoms. The number of nitriles is 1. The van der Waals surface area contributed by atoms with Crippen LogP contribution in [0, 0.1) is 17.1 Å². The zero-order valence-corrected chi connectivity index (χ0v) is 29.3. The second-order valence-electron chi connectivity index (χ2n) is 13.0. The van der Waals surface area contributed by atoms with Crippen LogP contribution in [0.25, 0.3) is 10.8 Å². The number of piperazine rings is 1. The van der Waals surface area contributed by atoms with Gasteiger partial charge in [0.05, 0.1) is 59.9 Å². The summed E-state index contributed by atoms with van der Waals surface area (Å²) in [4.78, 5) is 41.4. The maximum Gasteiger partial charge on any atom is 0.417 e. The number of fused-ring (bicyclic) bond motifs is 1. The van der Waals surface area contributed by atoms with Gasteiger partial charge in [-0.15, -0.1) is 0 Å². The first kappa shape index (κ1) is 40.8. The molecule has 1 atom stereocenters. The fourth-order valence-electron chi connectivity index (χ4n) is 6.33. The maximum atomic E-state index is 14.8. The molecular formula is C38H36F7N5O5. The lowest BCUT2D eigenvalue weighted by atomic mass is 9.89. The van der Waals surface area contributed by atoms with Crippen molar-refractivity contribution in [1.29, 1.82) is 5.26 Å². The lowest BCUT2D eigenvalue weighted by Crippen LogP contribution is -2.49. The molecule has 1 aromatic heterocycles. The van der Waals surface area contributed by atoms with Gasteiger partial charge >= 0.3 is 18.3 Å². The van der Waals surface area contributed by atoms with Crippen molar-refractivity contribution in [1.82, 2.24) is 20.0 Å². The molecule has 17 heteroatoms. The van der Waals surface area contributed by atoms with E-state index >= 15 is 0 Å². The molecule has 1 unspecified atom stereocenters. The van der Waals surface area contributed by atoms with Crippen LogP contribution in [-0.4, -0.2) is 90.6 Å². The normalized spacial score (nSPS) is 14.5. The van der Waals surface area contributed by atoms with E-state index in [2.05, 4.69) is 15.1 Å². The fourth-order valence-corrected chi connectivity index (χ4v) is 6.33. The molecule has 2 heterocycles. The number of esters is 1. The summed E-state index contributed by atoms with van der Waals surface area (Å²) in [6.07, 6.45) is -11.6. The Labute approximate surface area is 310 Å². The summed E-state index contributed by atoms with van der Waals surface area (Å²) in [5.41, 5.74) is -1.67. The van der Waals surface area contributed by atoms with Crippen LogP contribution < -0.4 is 5.56 Å². The molecule has 0 radical (unpaired) electrons. The van der Waals surface area contributed by atoms with E-state index in [0.29, 0.717) is 67.4 Å². The van der Waals surface area contributed by atoms with Crippen LogP contribution in [0.15, 0.2) is 65.5 Å². The van der Waals surface area contributed by atoms with E-state index in [9.17, 15) is 45.1 Å². The molecule has 0 aliphatic carbocycles. The van der Waals surface area contributed by atoms with E-state index in [1.807, 2.05) is 0 Å². The number of alkyl halides is 6. The largest absolute Gasteiger partial charge is 0.466 e. The molecule has 292 valence electrons. The highest BCUT2D eigenvalue weighted by Crippen LogP contribution is 2.38. The van der Waals surface area contributed by atoms with Crippen molar-refractivity contribution in [3.8, 4) is 6.07 Å². The van der Waals surface area contributed by atoms with Gasteiger partial charge in [-0.1, -0.05) is 30.3 Å². The van der Waals surface area contributed by atoms with Crippen molar-refractivity contribution in [2.75, 3.05) is 52.5 Å². The van der Waals surface area contributed by atoms with Gasteiger partial charge in [0.15, 0.2) is 0 Å². The Balaban J connectivity index is 1.03. The second-order valence-corrected chi connectivity index (χ2v) is 13.0. The van der Waals surface area contributed by atoms with Gasteiger partial charge in [0.2, 0.25) is 0 Å². The highest BCUT2D eigenvalue weighted by molar-refractivity contribution is 5.95.